The molecule has 0 bridgehead atoms. The van der Waals surface area contributed by atoms with E-state index in [-0.39, 0.29) is 5.91 Å². The average Bonchev–Trinajstić information content (AvgIpc) is 2.29. The number of sulfonamides is 1. The number of carbonyl (C=O) groups excluding carboxylic acids is 1. The van der Waals surface area contributed by atoms with Gasteiger partial charge in [-0.3, -0.25) is 9.52 Å². The number of benzene rings is 1. The summed E-state index contributed by atoms with van der Waals surface area (Å²) in [6.45, 7) is 1.91. The van der Waals surface area contributed by atoms with E-state index < -0.39 is 10.0 Å². The highest BCUT2D eigenvalue weighted by Crippen LogP contribution is 2.28. The molecular weight excluding hydrogens is 268 g/mol. The van der Waals surface area contributed by atoms with Gasteiger partial charge in [-0.1, -0.05) is 6.92 Å². The van der Waals surface area contributed by atoms with E-state index in [1.165, 1.54) is 13.2 Å². The monoisotopic (exact) mass is 286 g/mol. The quantitative estimate of drug-likeness (QED) is 0.835. The highest BCUT2D eigenvalue weighted by molar-refractivity contribution is 7.92. The first-order chi connectivity index (χ1) is 8.85. The molecule has 0 aliphatic heterocycles. The van der Waals surface area contributed by atoms with Crippen LogP contribution >= 0.6 is 0 Å². The van der Waals surface area contributed by atoms with E-state index in [9.17, 15) is 13.2 Å². The Labute approximate surface area is 113 Å². The summed E-state index contributed by atoms with van der Waals surface area (Å²) in [5.74, 6) is 0.294. The van der Waals surface area contributed by atoms with Crippen molar-refractivity contribution in [2.75, 3.05) is 23.4 Å². The molecule has 0 fully saturated rings. The normalized spacial score (nSPS) is 10.9. The van der Waals surface area contributed by atoms with Gasteiger partial charge in [0.05, 0.1) is 24.7 Å². The van der Waals surface area contributed by atoms with Gasteiger partial charge in [-0.15, -0.1) is 0 Å². The molecule has 19 heavy (non-hydrogen) atoms. The van der Waals surface area contributed by atoms with Crippen molar-refractivity contribution in [1.29, 1.82) is 0 Å². The van der Waals surface area contributed by atoms with Crippen LogP contribution in [0.2, 0.25) is 0 Å². The van der Waals surface area contributed by atoms with Crippen LogP contribution in [0.25, 0.3) is 0 Å². The lowest BCUT2D eigenvalue weighted by molar-refractivity contribution is -0.116. The molecule has 1 aromatic carbocycles. The summed E-state index contributed by atoms with van der Waals surface area (Å²) in [4.78, 5) is 11.5. The topological polar surface area (TPSA) is 84.5 Å². The van der Waals surface area contributed by atoms with Crippen LogP contribution in [0.15, 0.2) is 18.2 Å². The van der Waals surface area contributed by atoms with Crippen molar-refractivity contribution < 1.29 is 17.9 Å². The first-order valence-corrected chi connectivity index (χ1v) is 7.70. The molecule has 1 aromatic rings. The van der Waals surface area contributed by atoms with Gasteiger partial charge < -0.3 is 10.1 Å². The predicted octanol–water partition coefficient (Wildman–Crippen LogP) is 1.81. The number of hydrogen-bond donors (Lipinski definition) is 2. The van der Waals surface area contributed by atoms with Gasteiger partial charge in [0.1, 0.15) is 5.75 Å². The highest BCUT2D eigenvalue weighted by atomic mass is 32.2. The summed E-state index contributed by atoms with van der Waals surface area (Å²) in [6, 6.07) is 4.67. The summed E-state index contributed by atoms with van der Waals surface area (Å²) in [7, 11) is -1.89. The van der Waals surface area contributed by atoms with Crippen LogP contribution in [0.3, 0.4) is 0 Å². The number of ether oxygens (including phenoxy) is 1. The van der Waals surface area contributed by atoms with Crippen LogP contribution < -0.4 is 14.8 Å². The van der Waals surface area contributed by atoms with E-state index in [0.717, 1.165) is 12.7 Å². The highest BCUT2D eigenvalue weighted by Gasteiger charge is 2.09. The van der Waals surface area contributed by atoms with Crippen LogP contribution in [-0.2, 0) is 14.8 Å². The minimum absolute atomic E-state index is 0.107. The van der Waals surface area contributed by atoms with Gasteiger partial charge in [0, 0.05) is 12.5 Å². The third-order valence-corrected chi connectivity index (χ3v) is 2.86. The Balaban J connectivity index is 2.93. The second-order valence-corrected chi connectivity index (χ2v) is 5.84. The molecular formula is C12H18N2O4S. The fourth-order valence-corrected chi connectivity index (χ4v) is 2.07. The molecule has 0 spiro atoms. The van der Waals surface area contributed by atoms with Gasteiger partial charge in [-0.05, 0) is 18.6 Å². The van der Waals surface area contributed by atoms with Crippen molar-refractivity contribution in [3.63, 3.8) is 0 Å². The summed E-state index contributed by atoms with van der Waals surface area (Å²) < 4.78 is 29.7. The zero-order valence-corrected chi connectivity index (χ0v) is 12.0. The lowest BCUT2D eigenvalue weighted by Crippen LogP contribution is -2.12. The largest absolute Gasteiger partial charge is 0.494 e. The molecule has 0 saturated heterocycles. The third-order valence-electron chi connectivity index (χ3n) is 2.26. The van der Waals surface area contributed by atoms with Crippen LogP contribution in [0.4, 0.5) is 11.4 Å². The second kappa shape index (κ2) is 6.42. The van der Waals surface area contributed by atoms with Crippen LogP contribution in [0.5, 0.6) is 5.75 Å². The molecule has 0 atom stereocenters. The van der Waals surface area contributed by atoms with E-state index in [4.69, 9.17) is 4.74 Å². The smallest absolute Gasteiger partial charge is 0.229 e. The van der Waals surface area contributed by atoms with Gasteiger partial charge in [-0.25, -0.2) is 8.42 Å². The molecule has 0 heterocycles. The minimum atomic E-state index is -3.34. The van der Waals surface area contributed by atoms with E-state index in [1.807, 2.05) is 6.92 Å². The molecule has 1 rings (SSSR count). The zero-order chi connectivity index (χ0) is 14.5. The number of nitrogens with one attached hydrogen (secondary N) is 2. The molecule has 1 amide bonds. The Bertz CT molecular complexity index is 555. The number of methoxy groups -OCH3 is 1. The molecule has 6 nitrogen and oxygen atoms in total. The van der Waals surface area contributed by atoms with E-state index in [1.54, 1.807) is 12.1 Å². The maximum atomic E-state index is 11.5. The minimum Gasteiger partial charge on any atom is -0.494 e. The maximum Gasteiger partial charge on any atom is 0.229 e. The van der Waals surface area contributed by atoms with Crippen molar-refractivity contribution >= 4 is 27.3 Å². The van der Waals surface area contributed by atoms with Crippen LogP contribution in [-0.4, -0.2) is 27.7 Å². The van der Waals surface area contributed by atoms with Crippen molar-refractivity contribution in [3.05, 3.63) is 18.2 Å². The SMILES string of the molecule is CCCC(=O)Nc1ccc(NS(C)(=O)=O)cc1OC. The lowest BCUT2D eigenvalue weighted by atomic mass is 10.2. The first-order valence-electron chi connectivity index (χ1n) is 5.81. The number of anilines is 2. The summed E-state index contributed by atoms with van der Waals surface area (Å²) in [5, 5.41) is 2.71. The number of rotatable bonds is 6. The average molecular weight is 286 g/mol. The second-order valence-electron chi connectivity index (χ2n) is 4.09. The van der Waals surface area contributed by atoms with E-state index in [0.29, 0.717) is 23.5 Å². The Morgan fingerprint density at radius 2 is 2.05 bits per heavy atom. The van der Waals surface area contributed by atoms with Crippen LogP contribution in [0.1, 0.15) is 19.8 Å². The molecule has 7 heteroatoms. The molecule has 0 aliphatic rings. The van der Waals surface area contributed by atoms with E-state index >= 15 is 0 Å². The molecule has 0 aliphatic carbocycles. The third kappa shape index (κ3) is 5.17. The Morgan fingerprint density at radius 1 is 1.37 bits per heavy atom. The number of carbonyl (C=O) groups is 1. The van der Waals surface area contributed by atoms with E-state index in [2.05, 4.69) is 10.0 Å². The summed E-state index contributed by atoms with van der Waals surface area (Å²) >= 11 is 0. The molecule has 106 valence electrons. The standard InChI is InChI=1S/C12H18N2O4S/c1-4-5-12(15)13-10-7-6-9(8-11(10)18-2)14-19(3,16)17/h6-8,14H,4-5H2,1-3H3,(H,13,15). The fourth-order valence-electron chi connectivity index (χ4n) is 1.51. The van der Waals surface area contributed by atoms with Gasteiger partial charge in [-0.2, -0.15) is 0 Å². The summed E-state index contributed by atoms with van der Waals surface area (Å²) in [6.07, 6.45) is 2.24. The fraction of sp³-hybridized carbons (Fsp3) is 0.417. The Hall–Kier alpha value is -1.76. The Kier molecular flexibility index (Phi) is 5.17. The maximum absolute atomic E-state index is 11.5. The van der Waals surface area contributed by atoms with Gasteiger partial charge in [0.2, 0.25) is 15.9 Å². The van der Waals surface area contributed by atoms with Crippen molar-refractivity contribution in [2.45, 2.75) is 19.8 Å². The molecule has 2 N–H and O–H groups in total. The number of hydrogen-bond acceptors (Lipinski definition) is 4. The Morgan fingerprint density at radius 3 is 2.58 bits per heavy atom. The molecule has 0 radical (unpaired) electrons. The zero-order valence-electron chi connectivity index (χ0n) is 11.2. The van der Waals surface area contributed by atoms with Gasteiger partial charge in [0.15, 0.2) is 0 Å². The van der Waals surface area contributed by atoms with Gasteiger partial charge >= 0.3 is 0 Å². The van der Waals surface area contributed by atoms with Gasteiger partial charge in [0.25, 0.3) is 0 Å². The molecule has 0 unspecified atom stereocenters. The lowest BCUT2D eigenvalue weighted by Gasteiger charge is -2.12. The first kappa shape index (κ1) is 15.3. The molecule has 0 saturated carbocycles. The van der Waals surface area contributed by atoms with Crippen LogP contribution in [0, 0.1) is 0 Å². The van der Waals surface area contributed by atoms with Crippen molar-refractivity contribution in [1.82, 2.24) is 0 Å². The molecule has 0 aromatic heterocycles. The predicted molar refractivity (Wildman–Crippen MR) is 75.0 cm³/mol. The summed E-state index contributed by atoms with van der Waals surface area (Å²) in [5.41, 5.74) is 0.896. The number of amides is 1. The van der Waals surface area contributed by atoms with Crippen molar-refractivity contribution in [2.24, 2.45) is 0 Å². The van der Waals surface area contributed by atoms with Crippen molar-refractivity contribution in [3.8, 4) is 5.75 Å².